The van der Waals surface area contributed by atoms with Gasteiger partial charge in [-0.2, -0.15) is 0 Å². The van der Waals surface area contributed by atoms with Crippen molar-refractivity contribution in [3.63, 3.8) is 0 Å². The lowest BCUT2D eigenvalue weighted by Crippen LogP contribution is -2.36. The van der Waals surface area contributed by atoms with Gasteiger partial charge in [-0.15, -0.1) is 0 Å². The summed E-state index contributed by atoms with van der Waals surface area (Å²) >= 11 is 0. The molecule has 5 N–H and O–H groups in total. The van der Waals surface area contributed by atoms with Gasteiger partial charge in [0.1, 0.15) is 5.75 Å². The van der Waals surface area contributed by atoms with Gasteiger partial charge in [-0.1, -0.05) is 18.2 Å². The second-order valence-electron chi connectivity index (χ2n) is 5.67. The quantitative estimate of drug-likeness (QED) is 0.447. The molecule has 0 spiro atoms. The number of amides is 2. The first-order valence-electron chi connectivity index (χ1n) is 7.67. The molecule has 0 saturated heterocycles. The minimum atomic E-state index is -3.74. The average molecular weight is 377 g/mol. The number of phenols is 1. The van der Waals surface area contributed by atoms with Crippen LogP contribution in [0.3, 0.4) is 0 Å². The maximum atomic E-state index is 11.9. The number of hydrogen-bond acceptors (Lipinski definition) is 5. The molecule has 8 nitrogen and oxygen atoms in total. The van der Waals surface area contributed by atoms with Crippen molar-refractivity contribution < 1.29 is 23.1 Å². The van der Waals surface area contributed by atoms with E-state index in [9.17, 15) is 23.1 Å². The van der Waals surface area contributed by atoms with Gasteiger partial charge in [0, 0.05) is 6.54 Å². The molecule has 0 atom stereocenters. The number of rotatable bonds is 5. The van der Waals surface area contributed by atoms with Gasteiger partial charge < -0.3 is 15.7 Å². The first-order valence-corrected chi connectivity index (χ1v) is 9.22. The number of anilines is 1. The van der Waals surface area contributed by atoms with Crippen molar-refractivity contribution in [1.82, 2.24) is 5.32 Å². The van der Waals surface area contributed by atoms with Crippen molar-refractivity contribution in [2.45, 2.75) is 18.2 Å². The van der Waals surface area contributed by atoms with Crippen LogP contribution in [0, 0.1) is 6.92 Å². The molecule has 0 aromatic heterocycles. The van der Waals surface area contributed by atoms with E-state index in [1.54, 1.807) is 31.2 Å². The van der Waals surface area contributed by atoms with Crippen molar-refractivity contribution in [3.8, 4) is 5.75 Å². The average Bonchev–Trinajstić information content (AvgIpc) is 2.57. The number of aryl methyl sites for hydroxylation is 1. The Morgan fingerprint density at radius 2 is 1.73 bits per heavy atom. The van der Waals surface area contributed by atoms with Gasteiger partial charge >= 0.3 is 11.8 Å². The van der Waals surface area contributed by atoms with Gasteiger partial charge in [0.15, 0.2) is 0 Å². The molecule has 0 fully saturated rings. The predicted molar refractivity (Wildman–Crippen MR) is 96.0 cm³/mol. The number of aromatic hydroxyl groups is 1. The Morgan fingerprint density at radius 3 is 2.35 bits per heavy atom. The molecule has 0 bridgehead atoms. The van der Waals surface area contributed by atoms with Crippen LogP contribution in [0.15, 0.2) is 47.4 Å². The van der Waals surface area contributed by atoms with Crippen LogP contribution in [0.5, 0.6) is 5.75 Å². The molecule has 138 valence electrons. The number of phenolic OH excluding ortho intramolecular Hbond substituents is 1. The third-order valence-electron chi connectivity index (χ3n) is 3.56. The van der Waals surface area contributed by atoms with Crippen LogP contribution in [0.4, 0.5) is 5.69 Å². The lowest BCUT2D eigenvalue weighted by Gasteiger charge is -2.09. The molecule has 2 aromatic carbocycles. The fourth-order valence-corrected chi connectivity index (χ4v) is 2.69. The standard InChI is InChI=1S/C17H19N3O5S/c1-11-2-7-15(21)14(10-11)20-17(23)16(22)19-9-8-12-3-5-13(6-4-12)26(18,24)25/h2-7,10,21H,8-9H2,1H3,(H,19,22)(H,20,23)(H2,18,24,25). The molecule has 26 heavy (non-hydrogen) atoms. The Bertz CT molecular complexity index is 924. The van der Waals surface area contributed by atoms with Crippen LogP contribution < -0.4 is 15.8 Å². The Labute approximate surface area is 151 Å². The van der Waals surface area contributed by atoms with E-state index in [0.717, 1.165) is 11.1 Å². The van der Waals surface area contributed by atoms with Gasteiger partial charge in [0.25, 0.3) is 0 Å². The molecule has 0 saturated carbocycles. The van der Waals surface area contributed by atoms with Gasteiger partial charge in [0.05, 0.1) is 10.6 Å². The zero-order chi connectivity index (χ0) is 19.3. The number of carbonyl (C=O) groups is 2. The lowest BCUT2D eigenvalue weighted by atomic mass is 10.1. The third-order valence-corrected chi connectivity index (χ3v) is 4.49. The number of nitrogens with two attached hydrogens (primary N) is 1. The lowest BCUT2D eigenvalue weighted by molar-refractivity contribution is -0.136. The summed E-state index contributed by atoms with van der Waals surface area (Å²) in [7, 11) is -3.74. The smallest absolute Gasteiger partial charge is 0.313 e. The van der Waals surface area contributed by atoms with Gasteiger partial charge in [0.2, 0.25) is 10.0 Å². The van der Waals surface area contributed by atoms with Crippen molar-refractivity contribution in [2.75, 3.05) is 11.9 Å². The summed E-state index contributed by atoms with van der Waals surface area (Å²) in [5.41, 5.74) is 1.75. The van der Waals surface area contributed by atoms with Crippen molar-refractivity contribution >= 4 is 27.5 Å². The van der Waals surface area contributed by atoms with E-state index in [2.05, 4.69) is 10.6 Å². The molecule has 9 heteroatoms. The van der Waals surface area contributed by atoms with E-state index in [1.165, 1.54) is 18.2 Å². The minimum Gasteiger partial charge on any atom is -0.506 e. The second kappa shape index (κ2) is 7.98. The molecule has 2 aromatic rings. The first-order chi connectivity index (χ1) is 12.2. The van der Waals surface area contributed by atoms with Crippen LogP contribution in [-0.4, -0.2) is 31.9 Å². The Balaban J connectivity index is 1.86. The van der Waals surface area contributed by atoms with E-state index in [4.69, 9.17) is 5.14 Å². The number of sulfonamides is 1. The van der Waals surface area contributed by atoms with Gasteiger partial charge in [-0.25, -0.2) is 13.6 Å². The SMILES string of the molecule is Cc1ccc(O)c(NC(=O)C(=O)NCCc2ccc(S(N)(=O)=O)cc2)c1. The number of carbonyl (C=O) groups excluding carboxylic acids is 2. The summed E-state index contributed by atoms with van der Waals surface area (Å²) in [6.45, 7) is 1.97. The fourth-order valence-electron chi connectivity index (χ4n) is 2.18. The van der Waals surface area contributed by atoms with E-state index < -0.39 is 21.8 Å². The minimum absolute atomic E-state index is 0.00243. The predicted octanol–water partition coefficient (Wildman–Crippen LogP) is 0.645. The van der Waals surface area contributed by atoms with Crippen molar-refractivity contribution in [2.24, 2.45) is 5.14 Å². The van der Waals surface area contributed by atoms with E-state index in [-0.39, 0.29) is 22.9 Å². The zero-order valence-corrected chi connectivity index (χ0v) is 14.8. The maximum Gasteiger partial charge on any atom is 0.313 e. The fraction of sp³-hybridized carbons (Fsp3) is 0.176. The van der Waals surface area contributed by atoms with Crippen LogP contribution in [0.1, 0.15) is 11.1 Å². The van der Waals surface area contributed by atoms with Gasteiger partial charge in [-0.3, -0.25) is 9.59 Å². The summed E-state index contributed by atoms with van der Waals surface area (Å²) in [4.78, 5) is 23.7. The first kappa shape index (κ1) is 19.4. The van der Waals surface area contributed by atoms with Crippen LogP contribution in [0.25, 0.3) is 0 Å². The van der Waals surface area contributed by atoms with Crippen molar-refractivity contribution in [1.29, 1.82) is 0 Å². The number of nitrogens with one attached hydrogen (secondary N) is 2. The molecule has 2 amide bonds. The molecule has 0 aliphatic heterocycles. The molecule has 0 aliphatic carbocycles. The highest BCUT2D eigenvalue weighted by atomic mass is 32.2. The van der Waals surface area contributed by atoms with E-state index >= 15 is 0 Å². The van der Waals surface area contributed by atoms with Crippen LogP contribution >= 0.6 is 0 Å². The molecule has 0 radical (unpaired) electrons. The van der Waals surface area contributed by atoms with E-state index in [1.807, 2.05) is 0 Å². The summed E-state index contributed by atoms with van der Waals surface area (Å²) in [6.07, 6.45) is 0.402. The maximum absolute atomic E-state index is 11.9. The summed E-state index contributed by atoms with van der Waals surface area (Å²) in [5, 5.41) is 19.5. The van der Waals surface area contributed by atoms with Crippen LogP contribution in [0.2, 0.25) is 0 Å². The molecular formula is C17H19N3O5S. The largest absolute Gasteiger partial charge is 0.506 e. The zero-order valence-electron chi connectivity index (χ0n) is 14.0. The normalized spacial score (nSPS) is 11.0. The molecule has 0 unspecified atom stereocenters. The number of hydrogen-bond donors (Lipinski definition) is 4. The topological polar surface area (TPSA) is 139 Å². The highest BCUT2D eigenvalue weighted by Crippen LogP contribution is 2.23. The summed E-state index contributed by atoms with van der Waals surface area (Å²) < 4.78 is 22.4. The Hall–Kier alpha value is -2.91. The molecular weight excluding hydrogens is 358 g/mol. The number of primary sulfonamides is 1. The number of benzene rings is 2. The van der Waals surface area contributed by atoms with Crippen LogP contribution in [-0.2, 0) is 26.0 Å². The Morgan fingerprint density at radius 1 is 1.08 bits per heavy atom. The summed E-state index contributed by atoms with van der Waals surface area (Å²) in [6, 6.07) is 10.6. The highest BCUT2D eigenvalue weighted by Gasteiger charge is 2.15. The molecule has 0 heterocycles. The molecule has 2 rings (SSSR count). The van der Waals surface area contributed by atoms with E-state index in [0.29, 0.717) is 6.42 Å². The molecule has 0 aliphatic rings. The van der Waals surface area contributed by atoms with Crippen molar-refractivity contribution in [3.05, 3.63) is 53.6 Å². The summed E-state index contributed by atoms with van der Waals surface area (Å²) in [5.74, 6) is -1.87. The van der Waals surface area contributed by atoms with Gasteiger partial charge in [-0.05, 0) is 48.7 Å². The monoisotopic (exact) mass is 377 g/mol. The highest BCUT2D eigenvalue weighted by molar-refractivity contribution is 7.89. The Kier molecular flexibility index (Phi) is 5.96. The second-order valence-corrected chi connectivity index (χ2v) is 7.23. The third kappa shape index (κ3) is 5.30.